The van der Waals surface area contributed by atoms with E-state index in [1.807, 2.05) is 0 Å². The van der Waals surface area contributed by atoms with Crippen LogP contribution in [-0.2, 0) is 9.53 Å². The number of rotatable bonds is 6. The highest BCUT2D eigenvalue weighted by atomic mass is 35.5. The molecule has 0 aliphatic carbocycles. The van der Waals surface area contributed by atoms with Crippen LogP contribution in [0, 0.1) is 0 Å². The van der Waals surface area contributed by atoms with Gasteiger partial charge in [-0.25, -0.2) is 0 Å². The summed E-state index contributed by atoms with van der Waals surface area (Å²) in [4.78, 5) is 17.3. The third-order valence-electron chi connectivity index (χ3n) is 4.37. The van der Waals surface area contributed by atoms with Gasteiger partial charge in [0.05, 0.1) is 37.4 Å². The summed E-state index contributed by atoms with van der Waals surface area (Å²) < 4.78 is 16.5. The first-order valence-electron chi connectivity index (χ1n) is 8.50. The maximum absolute atomic E-state index is 12.8. The minimum absolute atomic E-state index is 0.0795. The van der Waals surface area contributed by atoms with Crippen LogP contribution in [0.2, 0.25) is 5.02 Å². The molecule has 0 radical (unpaired) electrons. The molecule has 3 rings (SSSR count). The molecule has 1 aromatic carbocycles. The van der Waals surface area contributed by atoms with Crippen molar-refractivity contribution in [1.29, 1.82) is 0 Å². The van der Waals surface area contributed by atoms with Crippen molar-refractivity contribution in [1.82, 2.24) is 9.80 Å². The number of nitrogens with zero attached hydrogens (tertiary/aromatic N) is 2. The Morgan fingerprint density at radius 3 is 2.67 bits per heavy atom. The summed E-state index contributed by atoms with van der Waals surface area (Å²) >= 11 is 13.0. The molecule has 27 heavy (non-hydrogen) atoms. The minimum atomic E-state index is -0.0795. The standard InChI is InChI=1S/C18H21ClN2O4S2/c1-23-14-10-12(9-13(19)16(14)24-2)11-15-17(22)21(18(26)27-15)4-3-20-5-7-25-8-6-20/h9-11H,3-8H2,1-2H3. The maximum Gasteiger partial charge on any atom is 0.266 e. The second-order valence-corrected chi connectivity index (χ2v) is 8.11. The van der Waals surface area contributed by atoms with E-state index in [9.17, 15) is 4.79 Å². The lowest BCUT2D eigenvalue weighted by atomic mass is 10.2. The van der Waals surface area contributed by atoms with Crippen molar-refractivity contribution < 1.29 is 19.0 Å². The fourth-order valence-corrected chi connectivity index (χ4v) is 4.54. The van der Waals surface area contributed by atoms with Crippen LogP contribution in [0.4, 0.5) is 0 Å². The molecule has 6 nitrogen and oxygen atoms in total. The fraction of sp³-hybridized carbons (Fsp3) is 0.444. The summed E-state index contributed by atoms with van der Waals surface area (Å²) in [5.74, 6) is 0.901. The lowest BCUT2D eigenvalue weighted by Crippen LogP contribution is -2.42. The number of hydrogen-bond donors (Lipinski definition) is 0. The molecule has 146 valence electrons. The minimum Gasteiger partial charge on any atom is -0.493 e. The van der Waals surface area contributed by atoms with Gasteiger partial charge in [0, 0.05) is 26.2 Å². The van der Waals surface area contributed by atoms with Crippen molar-refractivity contribution in [3.63, 3.8) is 0 Å². The Hall–Kier alpha value is -1.32. The number of carbonyl (C=O) groups is 1. The van der Waals surface area contributed by atoms with Crippen LogP contribution < -0.4 is 9.47 Å². The predicted molar refractivity (Wildman–Crippen MR) is 112 cm³/mol. The highest BCUT2D eigenvalue weighted by Gasteiger charge is 2.32. The molecule has 2 heterocycles. The van der Waals surface area contributed by atoms with Crippen LogP contribution in [0.5, 0.6) is 11.5 Å². The van der Waals surface area contributed by atoms with Gasteiger partial charge in [-0.3, -0.25) is 14.6 Å². The Labute approximate surface area is 173 Å². The number of halogens is 1. The molecular formula is C18H21ClN2O4S2. The molecule has 0 unspecified atom stereocenters. The number of amides is 1. The summed E-state index contributed by atoms with van der Waals surface area (Å²) in [6.45, 7) is 4.60. The quantitative estimate of drug-likeness (QED) is 0.510. The Balaban J connectivity index is 1.73. The van der Waals surface area contributed by atoms with Crippen molar-refractivity contribution in [3.05, 3.63) is 27.6 Å². The van der Waals surface area contributed by atoms with Gasteiger partial charge in [0.25, 0.3) is 5.91 Å². The van der Waals surface area contributed by atoms with Gasteiger partial charge < -0.3 is 14.2 Å². The van der Waals surface area contributed by atoms with E-state index in [1.165, 1.54) is 18.9 Å². The Morgan fingerprint density at radius 2 is 2.00 bits per heavy atom. The highest BCUT2D eigenvalue weighted by Crippen LogP contribution is 2.38. The monoisotopic (exact) mass is 428 g/mol. The molecule has 1 amide bonds. The third kappa shape index (κ3) is 4.75. The summed E-state index contributed by atoms with van der Waals surface area (Å²) in [6.07, 6.45) is 1.78. The third-order valence-corrected chi connectivity index (χ3v) is 6.03. The SMILES string of the molecule is COc1cc(C=C2SC(=S)N(CCN3CCOCC3)C2=O)cc(Cl)c1OC. The summed E-state index contributed by atoms with van der Waals surface area (Å²) in [5, 5.41) is 0.422. The Bertz CT molecular complexity index is 766. The second-order valence-electron chi connectivity index (χ2n) is 6.03. The molecule has 0 N–H and O–H groups in total. The van der Waals surface area contributed by atoms with E-state index in [4.69, 9.17) is 38.0 Å². The largest absolute Gasteiger partial charge is 0.493 e. The zero-order valence-corrected chi connectivity index (χ0v) is 17.6. The van der Waals surface area contributed by atoms with Gasteiger partial charge >= 0.3 is 0 Å². The molecular weight excluding hydrogens is 408 g/mol. The van der Waals surface area contributed by atoms with E-state index in [-0.39, 0.29) is 5.91 Å². The van der Waals surface area contributed by atoms with Gasteiger partial charge in [-0.05, 0) is 23.8 Å². The predicted octanol–water partition coefficient (Wildman–Crippen LogP) is 2.89. The topological polar surface area (TPSA) is 51.2 Å². The smallest absolute Gasteiger partial charge is 0.266 e. The van der Waals surface area contributed by atoms with Gasteiger partial charge in [-0.1, -0.05) is 35.6 Å². The molecule has 0 bridgehead atoms. The van der Waals surface area contributed by atoms with Gasteiger partial charge in [-0.2, -0.15) is 0 Å². The number of morpholine rings is 1. The average molecular weight is 429 g/mol. The lowest BCUT2D eigenvalue weighted by Gasteiger charge is -2.28. The fourth-order valence-electron chi connectivity index (χ4n) is 2.93. The number of carbonyl (C=O) groups excluding carboxylic acids is 1. The van der Waals surface area contributed by atoms with Crippen molar-refractivity contribution >= 4 is 51.9 Å². The van der Waals surface area contributed by atoms with E-state index in [0.29, 0.717) is 32.3 Å². The molecule has 1 aromatic rings. The van der Waals surface area contributed by atoms with Gasteiger partial charge in [0.15, 0.2) is 11.5 Å². The Morgan fingerprint density at radius 1 is 1.26 bits per heavy atom. The molecule has 2 fully saturated rings. The van der Waals surface area contributed by atoms with Crippen LogP contribution in [0.3, 0.4) is 0 Å². The van der Waals surface area contributed by atoms with Crippen LogP contribution in [-0.4, -0.2) is 73.6 Å². The first kappa shape index (κ1) is 20.4. The molecule has 0 aromatic heterocycles. The molecule has 9 heteroatoms. The van der Waals surface area contributed by atoms with Crippen molar-refractivity contribution in [2.45, 2.75) is 0 Å². The van der Waals surface area contributed by atoms with E-state index in [0.717, 1.165) is 38.4 Å². The number of thioether (sulfide) groups is 1. The van der Waals surface area contributed by atoms with Crippen LogP contribution in [0.1, 0.15) is 5.56 Å². The van der Waals surface area contributed by atoms with E-state index < -0.39 is 0 Å². The maximum atomic E-state index is 12.8. The van der Waals surface area contributed by atoms with E-state index in [2.05, 4.69) is 4.90 Å². The number of ether oxygens (including phenoxy) is 3. The second kappa shape index (κ2) is 9.25. The number of benzene rings is 1. The molecule has 2 saturated heterocycles. The van der Waals surface area contributed by atoms with Crippen LogP contribution in [0.15, 0.2) is 17.0 Å². The first-order chi connectivity index (χ1) is 13.0. The normalized spacial score (nSPS) is 19.8. The average Bonchev–Trinajstić information content (AvgIpc) is 2.93. The first-order valence-corrected chi connectivity index (χ1v) is 10.1. The molecule has 2 aliphatic heterocycles. The zero-order chi connectivity index (χ0) is 19.4. The van der Waals surface area contributed by atoms with Crippen LogP contribution >= 0.6 is 35.6 Å². The number of hydrogen-bond acceptors (Lipinski definition) is 7. The summed E-state index contributed by atoms with van der Waals surface area (Å²) in [7, 11) is 3.08. The molecule has 0 saturated carbocycles. The van der Waals surface area contributed by atoms with Crippen molar-refractivity contribution in [3.8, 4) is 11.5 Å². The summed E-state index contributed by atoms with van der Waals surface area (Å²) in [5.41, 5.74) is 0.756. The van der Waals surface area contributed by atoms with E-state index in [1.54, 1.807) is 30.2 Å². The lowest BCUT2D eigenvalue weighted by molar-refractivity contribution is -0.122. The number of methoxy groups -OCH3 is 2. The van der Waals surface area contributed by atoms with Gasteiger partial charge in [-0.15, -0.1) is 0 Å². The molecule has 0 atom stereocenters. The summed E-state index contributed by atoms with van der Waals surface area (Å²) in [6, 6.07) is 3.52. The van der Waals surface area contributed by atoms with E-state index >= 15 is 0 Å². The van der Waals surface area contributed by atoms with Gasteiger partial charge in [0.2, 0.25) is 0 Å². The zero-order valence-electron chi connectivity index (χ0n) is 15.2. The van der Waals surface area contributed by atoms with Gasteiger partial charge in [0.1, 0.15) is 4.32 Å². The molecule has 0 spiro atoms. The van der Waals surface area contributed by atoms with Crippen molar-refractivity contribution in [2.75, 3.05) is 53.6 Å². The number of thiocarbonyl (C=S) groups is 1. The highest BCUT2D eigenvalue weighted by molar-refractivity contribution is 8.26. The Kier molecular flexibility index (Phi) is 6.99. The van der Waals surface area contributed by atoms with Crippen molar-refractivity contribution in [2.24, 2.45) is 0 Å². The molecule has 2 aliphatic rings. The van der Waals surface area contributed by atoms with Crippen LogP contribution in [0.25, 0.3) is 6.08 Å².